The van der Waals surface area contributed by atoms with Gasteiger partial charge in [0.15, 0.2) is 0 Å². The molecule has 2 rings (SSSR count). The third kappa shape index (κ3) is 0.994. The zero-order valence-electron chi connectivity index (χ0n) is 7.63. The SMILES string of the molecule is Bc1c(C)noc1C1(C(=O)O)CC1. The first-order valence-electron chi connectivity index (χ1n) is 4.25. The molecule has 0 saturated heterocycles. The topological polar surface area (TPSA) is 63.3 Å². The Balaban J connectivity index is 2.46. The third-order valence-corrected chi connectivity index (χ3v) is 2.75. The smallest absolute Gasteiger partial charge is 0.317 e. The van der Waals surface area contributed by atoms with Gasteiger partial charge in [0.2, 0.25) is 0 Å². The van der Waals surface area contributed by atoms with Gasteiger partial charge >= 0.3 is 5.97 Å². The zero-order chi connectivity index (χ0) is 9.64. The van der Waals surface area contributed by atoms with E-state index < -0.39 is 11.4 Å². The highest BCUT2D eigenvalue weighted by molar-refractivity contribution is 6.34. The van der Waals surface area contributed by atoms with Crippen molar-refractivity contribution in [3.63, 3.8) is 0 Å². The molecule has 4 nitrogen and oxygen atoms in total. The van der Waals surface area contributed by atoms with E-state index in [1.807, 2.05) is 14.8 Å². The van der Waals surface area contributed by atoms with E-state index in [9.17, 15) is 4.79 Å². The average molecular weight is 179 g/mol. The minimum absolute atomic E-state index is 0.539. The molecule has 0 spiro atoms. The summed E-state index contributed by atoms with van der Waals surface area (Å²) in [6, 6.07) is 0. The fraction of sp³-hybridized carbons (Fsp3) is 0.500. The molecule has 1 aliphatic carbocycles. The van der Waals surface area contributed by atoms with E-state index in [0.29, 0.717) is 18.6 Å². The van der Waals surface area contributed by atoms with E-state index in [-0.39, 0.29) is 0 Å². The van der Waals surface area contributed by atoms with Crippen LogP contribution in [0.5, 0.6) is 0 Å². The summed E-state index contributed by atoms with van der Waals surface area (Å²) < 4.78 is 5.05. The zero-order valence-corrected chi connectivity index (χ0v) is 7.63. The van der Waals surface area contributed by atoms with E-state index in [1.165, 1.54) is 0 Å². The van der Waals surface area contributed by atoms with Crippen molar-refractivity contribution in [2.75, 3.05) is 0 Å². The van der Waals surface area contributed by atoms with Crippen molar-refractivity contribution in [2.24, 2.45) is 0 Å². The van der Waals surface area contributed by atoms with Crippen LogP contribution in [0.25, 0.3) is 0 Å². The molecule has 1 N–H and O–H groups in total. The molecule has 1 aromatic heterocycles. The van der Waals surface area contributed by atoms with E-state index in [1.54, 1.807) is 0 Å². The largest absolute Gasteiger partial charge is 0.480 e. The lowest BCUT2D eigenvalue weighted by atomic mass is 9.87. The Hall–Kier alpha value is -1.26. The molecule has 0 amide bonds. The van der Waals surface area contributed by atoms with E-state index in [2.05, 4.69) is 5.16 Å². The van der Waals surface area contributed by atoms with Gasteiger partial charge < -0.3 is 9.63 Å². The predicted molar refractivity (Wildman–Crippen MR) is 48.0 cm³/mol. The molecular weight excluding hydrogens is 169 g/mol. The number of aliphatic carboxylic acids is 1. The third-order valence-electron chi connectivity index (χ3n) is 2.75. The number of carboxylic acids is 1. The Morgan fingerprint density at radius 3 is 2.62 bits per heavy atom. The Labute approximate surface area is 76.3 Å². The molecule has 1 aliphatic rings. The monoisotopic (exact) mass is 179 g/mol. The average Bonchev–Trinajstić information content (AvgIpc) is 2.80. The van der Waals surface area contributed by atoms with Crippen molar-refractivity contribution in [3.8, 4) is 0 Å². The van der Waals surface area contributed by atoms with Gasteiger partial charge in [0, 0.05) is 0 Å². The first kappa shape index (κ1) is 8.35. The van der Waals surface area contributed by atoms with Crippen molar-refractivity contribution in [2.45, 2.75) is 25.2 Å². The van der Waals surface area contributed by atoms with Gasteiger partial charge in [-0.25, -0.2) is 0 Å². The Morgan fingerprint density at radius 1 is 1.69 bits per heavy atom. The van der Waals surface area contributed by atoms with Gasteiger partial charge in [0.1, 0.15) is 19.0 Å². The Morgan fingerprint density at radius 2 is 2.31 bits per heavy atom. The van der Waals surface area contributed by atoms with Crippen molar-refractivity contribution < 1.29 is 14.4 Å². The molecule has 13 heavy (non-hydrogen) atoms. The number of rotatable bonds is 2. The second-order valence-electron chi connectivity index (χ2n) is 3.61. The van der Waals surface area contributed by atoms with Gasteiger partial charge in [0.05, 0.1) is 5.69 Å². The van der Waals surface area contributed by atoms with Gasteiger partial charge in [0.25, 0.3) is 0 Å². The molecule has 0 aliphatic heterocycles. The molecule has 1 heterocycles. The number of hydrogen-bond acceptors (Lipinski definition) is 3. The van der Waals surface area contributed by atoms with Crippen LogP contribution < -0.4 is 5.46 Å². The normalized spacial score (nSPS) is 18.5. The number of nitrogens with zero attached hydrogens (tertiary/aromatic N) is 1. The molecule has 0 atom stereocenters. The summed E-state index contributed by atoms with van der Waals surface area (Å²) in [5.41, 5.74) is 0.896. The van der Waals surface area contributed by atoms with Crippen LogP contribution in [-0.4, -0.2) is 24.1 Å². The van der Waals surface area contributed by atoms with Crippen molar-refractivity contribution >= 4 is 19.3 Å². The summed E-state index contributed by atoms with van der Waals surface area (Å²) in [4.78, 5) is 11.0. The standard InChI is InChI=1S/C8H10BNO3/c1-4-5(9)6(13-10-4)8(2-3-8)7(11)12/h2-3,9H2,1H3,(H,11,12). The van der Waals surface area contributed by atoms with Crippen molar-refractivity contribution in [1.82, 2.24) is 5.16 Å². The number of hydrogen-bond donors (Lipinski definition) is 1. The summed E-state index contributed by atoms with van der Waals surface area (Å²) in [5, 5.41) is 12.8. The Kier molecular flexibility index (Phi) is 1.52. The summed E-state index contributed by atoms with van der Waals surface area (Å²) >= 11 is 0. The fourth-order valence-electron chi connectivity index (χ4n) is 1.52. The van der Waals surface area contributed by atoms with Crippen molar-refractivity contribution in [3.05, 3.63) is 11.5 Å². The molecule has 5 heteroatoms. The van der Waals surface area contributed by atoms with Crippen LogP contribution in [0.3, 0.4) is 0 Å². The number of aromatic nitrogens is 1. The van der Waals surface area contributed by atoms with E-state index in [4.69, 9.17) is 9.63 Å². The van der Waals surface area contributed by atoms with Crippen LogP contribution in [-0.2, 0) is 10.2 Å². The quantitative estimate of drug-likeness (QED) is 0.613. The van der Waals surface area contributed by atoms with Crippen LogP contribution in [0.15, 0.2) is 4.52 Å². The first-order valence-corrected chi connectivity index (χ1v) is 4.25. The van der Waals surface area contributed by atoms with Crippen molar-refractivity contribution in [1.29, 1.82) is 0 Å². The molecule has 1 aromatic rings. The summed E-state index contributed by atoms with van der Waals surface area (Å²) in [7, 11) is 1.85. The highest BCUT2D eigenvalue weighted by Gasteiger charge is 2.55. The maximum atomic E-state index is 11.0. The predicted octanol–water partition coefficient (Wildman–Crippen LogP) is -0.642. The Bertz CT molecular complexity index is 367. The fourth-order valence-corrected chi connectivity index (χ4v) is 1.52. The molecule has 1 saturated carbocycles. The maximum Gasteiger partial charge on any atom is 0.317 e. The minimum atomic E-state index is -0.799. The summed E-state index contributed by atoms with van der Waals surface area (Å²) in [5.74, 6) is -0.260. The number of carboxylic acid groups (broad SMARTS) is 1. The van der Waals surface area contributed by atoms with Gasteiger partial charge in [-0.05, 0) is 25.2 Å². The van der Waals surface area contributed by atoms with Gasteiger partial charge in [-0.15, -0.1) is 0 Å². The van der Waals surface area contributed by atoms with Gasteiger partial charge in [-0.2, -0.15) is 0 Å². The number of carbonyl (C=O) groups is 1. The molecule has 0 radical (unpaired) electrons. The molecule has 0 aromatic carbocycles. The lowest BCUT2D eigenvalue weighted by Gasteiger charge is -2.05. The molecular formula is C8H10BNO3. The number of aryl methyl sites for hydroxylation is 1. The molecule has 68 valence electrons. The minimum Gasteiger partial charge on any atom is -0.480 e. The lowest BCUT2D eigenvalue weighted by Crippen LogP contribution is -2.25. The van der Waals surface area contributed by atoms with Gasteiger partial charge in [-0.1, -0.05) is 5.16 Å². The highest BCUT2D eigenvalue weighted by Crippen LogP contribution is 2.47. The van der Waals surface area contributed by atoms with E-state index >= 15 is 0 Å². The maximum absolute atomic E-state index is 11.0. The lowest BCUT2D eigenvalue weighted by molar-refractivity contribution is -0.140. The van der Waals surface area contributed by atoms with Gasteiger partial charge in [-0.3, -0.25) is 4.79 Å². The van der Waals surface area contributed by atoms with Crippen LogP contribution in [0, 0.1) is 6.92 Å². The second-order valence-corrected chi connectivity index (χ2v) is 3.61. The molecule has 0 unspecified atom stereocenters. The van der Waals surface area contributed by atoms with Crippen LogP contribution in [0.4, 0.5) is 0 Å². The first-order chi connectivity index (χ1) is 6.08. The van der Waals surface area contributed by atoms with Crippen LogP contribution in [0.2, 0.25) is 0 Å². The summed E-state index contributed by atoms with van der Waals surface area (Å²) in [6.45, 7) is 1.82. The summed E-state index contributed by atoms with van der Waals surface area (Å²) in [6.07, 6.45) is 1.33. The van der Waals surface area contributed by atoms with E-state index in [0.717, 1.165) is 11.2 Å². The highest BCUT2D eigenvalue weighted by atomic mass is 16.5. The van der Waals surface area contributed by atoms with Crippen LogP contribution >= 0.6 is 0 Å². The van der Waals surface area contributed by atoms with Crippen LogP contribution in [0.1, 0.15) is 24.3 Å². The molecule has 0 bridgehead atoms. The molecule has 1 fully saturated rings. The second kappa shape index (κ2) is 2.37.